The molecular weight excluding hydrogens is 306 g/mol. The van der Waals surface area contributed by atoms with Crippen molar-refractivity contribution in [1.82, 2.24) is 4.90 Å². The third-order valence-corrected chi connectivity index (χ3v) is 3.67. The van der Waals surface area contributed by atoms with E-state index in [-0.39, 0.29) is 25.4 Å². The summed E-state index contributed by atoms with van der Waals surface area (Å²) in [6.07, 6.45) is 0.102. The molecule has 2 aromatic rings. The molecular formula is C19H21NO4. The molecule has 2 aromatic carbocycles. The first kappa shape index (κ1) is 17.5. The Bertz CT molecular complexity index is 713. The number of nitrogens with zero attached hydrogens (tertiary/aromatic N) is 1. The number of ether oxygens (including phenoxy) is 1. The summed E-state index contributed by atoms with van der Waals surface area (Å²) in [5.74, 6) is -0.649. The van der Waals surface area contributed by atoms with Crippen LogP contribution in [0.1, 0.15) is 16.7 Å². The highest BCUT2D eigenvalue weighted by atomic mass is 16.5. The highest BCUT2D eigenvalue weighted by molar-refractivity contribution is 5.83. The molecule has 24 heavy (non-hydrogen) atoms. The first-order chi connectivity index (χ1) is 11.5. The van der Waals surface area contributed by atoms with Crippen LogP contribution < -0.4 is 4.74 Å². The lowest BCUT2D eigenvalue weighted by atomic mass is 10.1. The van der Waals surface area contributed by atoms with Gasteiger partial charge in [0.1, 0.15) is 12.3 Å². The van der Waals surface area contributed by atoms with Crippen molar-refractivity contribution in [2.75, 3.05) is 13.7 Å². The van der Waals surface area contributed by atoms with Gasteiger partial charge in [0.25, 0.3) is 0 Å². The Morgan fingerprint density at radius 1 is 1.12 bits per heavy atom. The minimum absolute atomic E-state index is 0.102. The van der Waals surface area contributed by atoms with Gasteiger partial charge in [0, 0.05) is 12.1 Å². The number of carbonyl (C=O) groups is 2. The van der Waals surface area contributed by atoms with Crippen molar-refractivity contribution in [3.05, 3.63) is 65.2 Å². The second-order valence-corrected chi connectivity index (χ2v) is 5.62. The fourth-order valence-corrected chi connectivity index (χ4v) is 2.52. The van der Waals surface area contributed by atoms with Crippen molar-refractivity contribution in [3.8, 4) is 5.75 Å². The normalized spacial score (nSPS) is 10.2. The van der Waals surface area contributed by atoms with Crippen molar-refractivity contribution < 1.29 is 19.4 Å². The molecule has 0 aliphatic carbocycles. The van der Waals surface area contributed by atoms with Gasteiger partial charge >= 0.3 is 5.97 Å². The molecule has 0 fully saturated rings. The third kappa shape index (κ3) is 4.84. The average molecular weight is 327 g/mol. The van der Waals surface area contributed by atoms with Gasteiger partial charge in [0.2, 0.25) is 5.91 Å². The summed E-state index contributed by atoms with van der Waals surface area (Å²) in [6, 6.07) is 15.0. The predicted octanol–water partition coefficient (Wildman–Crippen LogP) is 2.66. The number of rotatable bonds is 7. The summed E-state index contributed by atoms with van der Waals surface area (Å²) in [5, 5.41) is 9.10. The summed E-state index contributed by atoms with van der Waals surface area (Å²) < 4.78 is 5.29. The van der Waals surface area contributed by atoms with Crippen molar-refractivity contribution in [1.29, 1.82) is 0 Å². The number of aryl methyl sites for hydroxylation is 1. The molecule has 1 N–H and O–H groups in total. The minimum atomic E-state index is -1.03. The van der Waals surface area contributed by atoms with E-state index >= 15 is 0 Å². The van der Waals surface area contributed by atoms with Gasteiger partial charge in [0.05, 0.1) is 13.5 Å². The second kappa shape index (κ2) is 8.15. The first-order valence-electron chi connectivity index (χ1n) is 7.66. The van der Waals surface area contributed by atoms with Crippen molar-refractivity contribution in [2.24, 2.45) is 0 Å². The minimum Gasteiger partial charge on any atom is -0.496 e. The molecule has 0 spiro atoms. The van der Waals surface area contributed by atoms with E-state index in [2.05, 4.69) is 0 Å². The van der Waals surface area contributed by atoms with E-state index < -0.39 is 5.97 Å². The number of methoxy groups -OCH3 is 1. The van der Waals surface area contributed by atoms with Gasteiger partial charge in [-0.15, -0.1) is 0 Å². The summed E-state index contributed by atoms with van der Waals surface area (Å²) in [6.45, 7) is 1.87. The number of benzene rings is 2. The van der Waals surface area contributed by atoms with Crippen LogP contribution in [0.2, 0.25) is 0 Å². The fraction of sp³-hybridized carbons (Fsp3) is 0.263. The van der Waals surface area contributed by atoms with Crippen LogP contribution >= 0.6 is 0 Å². The molecule has 0 bridgehead atoms. The van der Waals surface area contributed by atoms with E-state index in [1.54, 1.807) is 7.11 Å². The van der Waals surface area contributed by atoms with Gasteiger partial charge in [-0.25, -0.2) is 0 Å². The lowest BCUT2D eigenvalue weighted by Crippen LogP contribution is -2.36. The maximum Gasteiger partial charge on any atom is 0.323 e. The van der Waals surface area contributed by atoms with Gasteiger partial charge < -0.3 is 14.7 Å². The number of hydrogen-bond acceptors (Lipinski definition) is 3. The van der Waals surface area contributed by atoms with Gasteiger partial charge in [-0.2, -0.15) is 0 Å². The molecule has 0 unspecified atom stereocenters. The van der Waals surface area contributed by atoms with Crippen molar-refractivity contribution >= 4 is 11.9 Å². The summed E-state index contributed by atoms with van der Waals surface area (Å²) in [7, 11) is 1.55. The Balaban J connectivity index is 2.18. The standard InChI is InChI=1S/C19H21NO4/c1-14-8-9-17(24-2)16(10-14)11-18(21)20(13-19(22)23)12-15-6-4-3-5-7-15/h3-10H,11-13H2,1-2H3,(H,22,23). The van der Waals surface area contributed by atoms with Gasteiger partial charge in [0.15, 0.2) is 0 Å². The van der Waals surface area contributed by atoms with Crippen LogP contribution in [0.5, 0.6) is 5.75 Å². The number of carboxylic acids is 1. The van der Waals surface area contributed by atoms with Gasteiger partial charge in [-0.1, -0.05) is 48.0 Å². The van der Waals surface area contributed by atoms with Crippen LogP contribution in [0.25, 0.3) is 0 Å². The van der Waals surface area contributed by atoms with Crippen LogP contribution in [0, 0.1) is 6.92 Å². The van der Waals surface area contributed by atoms with Crippen molar-refractivity contribution in [3.63, 3.8) is 0 Å². The molecule has 0 aliphatic heterocycles. The zero-order valence-electron chi connectivity index (χ0n) is 13.9. The Morgan fingerprint density at radius 2 is 1.83 bits per heavy atom. The Morgan fingerprint density at radius 3 is 2.46 bits per heavy atom. The van der Waals surface area contributed by atoms with Crippen LogP contribution in [0.4, 0.5) is 0 Å². The zero-order chi connectivity index (χ0) is 17.5. The van der Waals surface area contributed by atoms with E-state index in [1.165, 1.54) is 4.90 Å². The molecule has 5 heteroatoms. The summed E-state index contributed by atoms with van der Waals surface area (Å²) in [5.41, 5.74) is 2.67. The molecule has 2 rings (SSSR count). The summed E-state index contributed by atoms with van der Waals surface area (Å²) >= 11 is 0. The Labute approximate surface area is 141 Å². The first-order valence-corrected chi connectivity index (χ1v) is 7.66. The van der Waals surface area contributed by atoms with E-state index in [0.29, 0.717) is 5.75 Å². The fourth-order valence-electron chi connectivity index (χ4n) is 2.52. The Hall–Kier alpha value is -2.82. The monoisotopic (exact) mass is 327 g/mol. The zero-order valence-corrected chi connectivity index (χ0v) is 13.9. The van der Waals surface area contributed by atoms with E-state index in [0.717, 1.165) is 16.7 Å². The number of carbonyl (C=O) groups excluding carboxylic acids is 1. The quantitative estimate of drug-likeness (QED) is 0.849. The smallest absolute Gasteiger partial charge is 0.323 e. The predicted molar refractivity (Wildman–Crippen MR) is 90.9 cm³/mol. The number of carboxylic acid groups (broad SMARTS) is 1. The molecule has 0 heterocycles. The largest absolute Gasteiger partial charge is 0.496 e. The molecule has 0 saturated carbocycles. The van der Waals surface area contributed by atoms with E-state index in [9.17, 15) is 9.59 Å². The molecule has 1 amide bonds. The molecule has 0 saturated heterocycles. The lowest BCUT2D eigenvalue weighted by molar-refractivity contribution is -0.144. The van der Waals surface area contributed by atoms with Gasteiger partial charge in [-0.3, -0.25) is 9.59 Å². The molecule has 0 aromatic heterocycles. The SMILES string of the molecule is COc1ccc(C)cc1CC(=O)N(CC(=O)O)Cc1ccccc1. The average Bonchev–Trinajstić information content (AvgIpc) is 2.55. The van der Waals surface area contributed by atoms with E-state index in [1.807, 2.05) is 55.5 Å². The highest BCUT2D eigenvalue weighted by Crippen LogP contribution is 2.21. The van der Waals surface area contributed by atoms with Gasteiger partial charge in [-0.05, 0) is 18.6 Å². The van der Waals surface area contributed by atoms with Crippen LogP contribution in [-0.2, 0) is 22.6 Å². The second-order valence-electron chi connectivity index (χ2n) is 5.62. The van der Waals surface area contributed by atoms with Crippen LogP contribution in [-0.4, -0.2) is 35.5 Å². The van der Waals surface area contributed by atoms with Crippen LogP contribution in [0.3, 0.4) is 0 Å². The maximum atomic E-state index is 12.6. The summed E-state index contributed by atoms with van der Waals surface area (Å²) in [4.78, 5) is 25.1. The number of hydrogen-bond donors (Lipinski definition) is 1. The third-order valence-electron chi connectivity index (χ3n) is 3.67. The topological polar surface area (TPSA) is 66.8 Å². The molecule has 5 nitrogen and oxygen atoms in total. The molecule has 126 valence electrons. The van der Waals surface area contributed by atoms with E-state index in [4.69, 9.17) is 9.84 Å². The Kier molecular flexibility index (Phi) is 5.95. The van der Waals surface area contributed by atoms with Crippen LogP contribution in [0.15, 0.2) is 48.5 Å². The van der Waals surface area contributed by atoms with Crippen molar-refractivity contribution in [2.45, 2.75) is 19.9 Å². The molecule has 0 atom stereocenters. The highest BCUT2D eigenvalue weighted by Gasteiger charge is 2.19. The number of amides is 1. The maximum absolute atomic E-state index is 12.6. The number of aliphatic carboxylic acids is 1. The molecule has 0 aliphatic rings. The lowest BCUT2D eigenvalue weighted by Gasteiger charge is -2.21. The molecule has 0 radical (unpaired) electrons.